The third-order valence-corrected chi connectivity index (χ3v) is 3.75. The predicted molar refractivity (Wildman–Crippen MR) is 99.1 cm³/mol. The smallest absolute Gasteiger partial charge is 0.328 e. The van der Waals surface area contributed by atoms with Crippen LogP contribution in [0.1, 0.15) is 25.2 Å². The summed E-state index contributed by atoms with van der Waals surface area (Å²) in [6.45, 7) is 7.60. The molecule has 2 heterocycles. The van der Waals surface area contributed by atoms with E-state index in [2.05, 4.69) is 32.2 Å². The summed E-state index contributed by atoms with van der Waals surface area (Å²) in [5.41, 5.74) is 11.9. The van der Waals surface area contributed by atoms with Crippen LogP contribution in [0.5, 0.6) is 0 Å². The van der Waals surface area contributed by atoms with Crippen LogP contribution in [0.4, 0.5) is 5.82 Å². The molecule has 0 amide bonds. The van der Waals surface area contributed by atoms with E-state index in [1.165, 1.54) is 4.57 Å². The molecule has 0 aliphatic heterocycles. The van der Waals surface area contributed by atoms with Gasteiger partial charge in [-0.15, -0.1) is 0 Å². The van der Waals surface area contributed by atoms with Gasteiger partial charge in [-0.1, -0.05) is 30.3 Å². The van der Waals surface area contributed by atoms with Crippen LogP contribution in [-0.2, 0) is 6.54 Å². The Morgan fingerprint density at radius 2 is 2.04 bits per heavy atom. The highest BCUT2D eigenvalue weighted by Gasteiger charge is 2.16. The number of hydrogen-bond acceptors (Lipinski definition) is 6. The first-order valence-electron chi connectivity index (χ1n) is 7.70. The summed E-state index contributed by atoms with van der Waals surface area (Å²) in [6.07, 6.45) is 0. The number of nitrogen functional groups attached to an aromatic ring is 1. The van der Waals surface area contributed by atoms with Gasteiger partial charge in [0.05, 0.1) is 12.2 Å². The summed E-state index contributed by atoms with van der Waals surface area (Å²) in [6, 6.07) is 9.66. The highest BCUT2D eigenvalue weighted by Crippen LogP contribution is 2.20. The fourth-order valence-electron chi connectivity index (χ4n) is 2.54. The normalized spacial score (nSPS) is 10.6. The van der Waals surface area contributed by atoms with E-state index in [0.717, 1.165) is 11.1 Å². The van der Waals surface area contributed by atoms with E-state index < -0.39 is 0 Å². The fraction of sp³-hybridized carbons (Fsp3) is 0.176. The number of aromatic amines is 1. The number of nitrogens with one attached hydrogen (secondary N) is 2. The number of hydrogen-bond donors (Lipinski definition) is 3. The molecular weight excluding hydrogens is 318 g/mol. The molecule has 8 heteroatoms. The number of H-pyrrole nitrogens is 1. The summed E-state index contributed by atoms with van der Waals surface area (Å²) in [5.74, 6) is 0.562. The highest BCUT2D eigenvalue weighted by molar-refractivity contribution is 5.83. The molecule has 3 aromatic rings. The summed E-state index contributed by atoms with van der Waals surface area (Å²) >= 11 is 0. The van der Waals surface area contributed by atoms with Gasteiger partial charge in [0.1, 0.15) is 5.52 Å². The van der Waals surface area contributed by atoms with Gasteiger partial charge in [0, 0.05) is 6.72 Å². The van der Waals surface area contributed by atoms with Gasteiger partial charge in [0.2, 0.25) is 0 Å². The molecule has 128 valence electrons. The zero-order chi connectivity index (χ0) is 18.0. The average molecular weight is 337 g/mol. The van der Waals surface area contributed by atoms with Crippen molar-refractivity contribution in [3.8, 4) is 0 Å². The molecule has 0 atom stereocenters. The zero-order valence-corrected chi connectivity index (χ0v) is 14.1. The van der Waals surface area contributed by atoms with Crippen molar-refractivity contribution >= 4 is 29.4 Å². The van der Waals surface area contributed by atoms with Crippen LogP contribution in [0.3, 0.4) is 0 Å². The molecular formula is C17H19N7O. The zero-order valence-electron chi connectivity index (χ0n) is 14.1. The molecule has 0 saturated heterocycles. The second-order valence-corrected chi connectivity index (χ2v) is 5.78. The number of imidazole rings is 1. The third-order valence-electron chi connectivity index (χ3n) is 3.75. The van der Waals surface area contributed by atoms with E-state index in [9.17, 15) is 4.79 Å². The van der Waals surface area contributed by atoms with Crippen LogP contribution in [0, 0.1) is 0 Å². The maximum atomic E-state index is 12.4. The topological polar surface area (TPSA) is 114 Å². The Hall–Kier alpha value is -3.42. The number of hydrazone groups is 1. The van der Waals surface area contributed by atoms with Gasteiger partial charge in [0.25, 0.3) is 0 Å². The van der Waals surface area contributed by atoms with E-state index in [0.29, 0.717) is 29.2 Å². The molecule has 2 aromatic heterocycles. The lowest BCUT2D eigenvalue weighted by Crippen LogP contribution is -2.18. The minimum atomic E-state index is -0.287. The van der Waals surface area contributed by atoms with Crippen LogP contribution in [0.2, 0.25) is 0 Å². The first kappa shape index (κ1) is 16.4. The van der Waals surface area contributed by atoms with Crippen molar-refractivity contribution in [3.05, 3.63) is 57.8 Å². The molecule has 0 saturated carbocycles. The fourth-order valence-corrected chi connectivity index (χ4v) is 2.54. The van der Waals surface area contributed by atoms with Gasteiger partial charge >= 0.3 is 5.69 Å². The lowest BCUT2D eigenvalue weighted by molar-refractivity contribution is 0.776. The quantitative estimate of drug-likeness (QED) is 0.484. The van der Waals surface area contributed by atoms with Crippen molar-refractivity contribution in [1.82, 2.24) is 24.9 Å². The first-order valence-corrected chi connectivity index (χ1v) is 7.70. The third kappa shape index (κ3) is 3.14. The summed E-state index contributed by atoms with van der Waals surface area (Å²) < 4.78 is 1.54. The van der Waals surface area contributed by atoms with Gasteiger partial charge in [-0.25, -0.2) is 14.8 Å². The Bertz CT molecular complexity index is 1010. The Morgan fingerprint density at radius 3 is 2.68 bits per heavy atom. The number of aromatic nitrogens is 4. The Labute approximate surface area is 144 Å². The van der Waals surface area contributed by atoms with Crippen LogP contribution in [-0.4, -0.2) is 26.2 Å². The van der Waals surface area contributed by atoms with Crippen LogP contribution in [0.25, 0.3) is 16.9 Å². The molecule has 8 nitrogen and oxygen atoms in total. The lowest BCUT2D eigenvalue weighted by atomic mass is 10.2. The summed E-state index contributed by atoms with van der Waals surface area (Å²) in [7, 11) is 0. The molecule has 25 heavy (non-hydrogen) atoms. The predicted octanol–water partition coefficient (Wildman–Crippen LogP) is 1.71. The SMILES string of the molecule is C=NNC(=C(C)C)c1nc(N)c2[nH]c(=O)n(Cc3ccccc3)c2n1. The average Bonchev–Trinajstić information content (AvgIpc) is 2.90. The van der Waals surface area contributed by atoms with Crippen LogP contribution >= 0.6 is 0 Å². The van der Waals surface area contributed by atoms with Gasteiger partial charge in [-0.3, -0.25) is 9.99 Å². The second-order valence-electron chi connectivity index (χ2n) is 5.78. The highest BCUT2D eigenvalue weighted by atomic mass is 16.1. The minimum Gasteiger partial charge on any atom is -0.382 e. The van der Waals surface area contributed by atoms with Crippen molar-refractivity contribution in [2.75, 3.05) is 5.73 Å². The Morgan fingerprint density at radius 1 is 1.32 bits per heavy atom. The molecule has 4 N–H and O–H groups in total. The molecule has 0 bridgehead atoms. The molecule has 1 aromatic carbocycles. The van der Waals surface area contributed by atoms with Crippen molar-refractivity contribution in [2.45, 2.75) is 20.4 Å². The summed E-state index contributed by atoms with van der Waals surface area (Å²) in [4.78, 5) is 23.9. The summed E-state index contributed by atoms with van der Waals surface area (Å²) in [5, 5.41) is 3.68. The molecule has 0 fully saturated rings. The van der Waals surface area contributed by atoms with Crippen LogP contribution < -0.4 is 16.8 Å². The lowest BCUT2D eigenvalue weighted by Gasteiger charge is -2.09. The van der Waals surface area contributed by atoms with Gasteiger partial charge in [-0.2, -0.15) is 5.10 Å². The number of nitrogens with zero attached hydrogens (tertiary/aromatic N) is 4. The monoisotopic (exact) mass is 337 g/mol. The maximum Gasteiger partial charge on any atom is 0.328 e. The van der Waals surface area contributed by atoms with Crippen molar-refractivity contribution in [3.63, 3.8) is 0 Å². The minimum absolute atomic E-state index is 0.202. The number of benzene rings is 1. The number of nitrogens with two attached hydrogens (primary N) is 1. The largest absolute Gasteiger partial charge is 0.382 e. The number of allylic oxidation sites excluding steroid dienone is 1. The van der Waals surface area contributed by atoms with Crippen molar-refractivity contribution in [1.29, 1.82) is 0 Å². The number of rotatable bonds is 5. The van der Waals surface area contributed by atoms with E-state index in [-0.39, 0.29) is 11.5 Å². The first-order chi connectivity index (χ1) is 12.0. The van der Waals surface area contributed by atoms with E-state index in [1.54, 1.807) is 0 Å². The molecule has 0 aliphatic rings. The van der Waals surface area contributed by atoms with Crippen molar-refractivity contribution in [2.24, 2.45) is 5.10 Å². The molecule has 0 aliphatic carbocycles. The maximum absolute atomic E-state index is 12.4. The van der Waals surface area contributed by atoms with Gasteiger partial charge in [-0.05, 0) is 25.0 Å². The van der Waals surface area contributed by atoms with Gasteiger partial charge in [0.15, 0.2) is 17.3 Å². The second kappa shape index (κ2) is 6.60. The molecule has 0 spiro atoms. The van der Waals surface area contributed by atoms with E-state index >= 15 is 0 Å². The van der Waals surface area contributed by atoms with Crippen molar-refractivity contribution < 1.29 is 0 Å². The van der Waals surface area contributed by atoms with E-state index in [1.807, 2.05) is 44.2 Å². The molecule has 3 rings (SSSR count). The molecule has 0 radical (unpaired) electrons. The Balaban J connectivity index is 2.19. The standard InChI is InChI=1S/C17H19N7O/c1-10(2)12(23-19-3)15-21-14(18)13-16(22-15)24(17(25)20-13)9-11-7-5-4-6-8-11/h4-8,23H,3,9H2,1-2H3,(H,20,25)(H2,18,21,22). The molecule has 0 unspecified atom stereocenters. The Kier molecular flexibility index (Phi) is 4.34. The number of anilines is 1. The number of fused-ring (bicyclic) bond motifs is 1. The van der Waals surface area contributed by atoms with E-state index in [4.69, 9.17) is 5.73 Å². The van der Waals surface area contributed by atoms with Crippen LogP contribution in [0.15, 0.2) is 45.8 Å². The van der Waals surface area contributed by atoms with Gasteiger partial charge < -0.3 is 10.7 Å².